The molecule has 3 rings (SSSR count). The average Bonchev–Trinajstić information content (AvgIpc) is 2.97. The van der Waals surface area contributed by atoms with E-state index in [0.29, 0.717) is 12.8 Å². The lowest BCUT2D eigenvalue weighted by Gasteiger charge is -2.16. The van der Waals surface area contributed by atoms with E-state index in [0.717, 1.165) is 30.8 Å². The van der Waals surface area contributed by atoms with Gasteiger partial charge in [0.15, 0.2) is 0 Å². The van der Waals surface area contributed by atoms with Crippen LogP contribution in [0.1, 0.15) is 28.0 Å². The van der Waals surface area contributed by atoms with Crippen LogP contribution in [0.5, 0.6) is 5.75 Å². The molecule has 0 aliphatic carbocycles. The minimum absolute atomic E-state index is 0.157. The van der Waals surface area contributed by atoms with Crippen molar-refractivity contribution in [1.29, 1.82) is 0 Å². The summed E-state index contributed by atoms with van der Waals surface area (Å²) in [5.74, 6) is 1.01. The second-order valence-electron chi connectivity index (χ2n) is 5.29. The van der Waals surface area contributed by atoms with Gasteiger partial charge in [0.2, 0.25) is 5.91 Å². The van der Waals surface area contributed by atoms with E-state index in [1.165, 1.54) is 11.3 Å². The summed E-state index contributed by atoms with van der Waals surface area (Å²) in [6, 6.07) is 9.91. The maximum Gasteiger partial charge on any atom is 0.231 e. The summed E-state index contributed by atoms with van der Waals surface area (Å²) in [6.07, 6.45) is 4.02. The van der Waals surface area contributed by atoms with Crippen LogP contribution in [0.15, 0.2) is 36.5 Å². The van der Waals surface area contributed by atoms with Gasteiger partial charge in [0, 0.05) is 37.8 Å². The summed E-state index contributed by atoms with van der Waals surface area (Å²) >= 11 is 0. The van der Waals surface area contributed by atoms with E-state index < -0.39 is 0 Å². The molecule has 1 aromatic carbocycles. The topological polar surface area (TPSA) is 43.3 Å². The number of fused-ring (bicyclic) bond motifs is 1. The average molecular weight is 284 g/mol. The first-order chi connectivity index (χ1) is 10.3. The van der Waals surface area contributed by atoms with Gasteiger partial charge in [-0.2, -0.15) is 0 Å². The van der Waals surface area contributed by atoms with Crippen molar-refractivity contribution in [2.45, 2.75) is 25.8 Å². The minimum Gasteiger partial charge on any atom is -0.496 e. The van der Waals surface area contributed by atoms with Crippen LogP contribution in [0.3, 0.4) is 0 Å². The number of carbonyl (C=O) groups is 1. The lowest BCUT2D eigenvalue weighted by molar-refractivity contribution is 0.0899. The molecule has 2 aromatic rings. The normalized spacial score (nSPS) is 13.8. The molecule has 0 amide bonds. The number of nitrogens with zero attached hydrogens (tertiary/aromatic N) is 1. The Balaban J connectivity index is 1.71. The summed E-state index contributed by atoms with van der Waals surface area (Å²) in [5, 5.41) is 3.32. The first-order valence-corrected chi connectivity index (χ1v) is 7.34. The minimum atomic E-state index is 0.157. The Morgan fingerprint density at radius 3 is 3.05 bits per heavy atom. The number of nitrogens with one attached hydrogen (secondary N) is 1. The predicted octanol–water partition coefficient (Wildman–Crippen LogP) is 2.42. The first kappa shape index (κ1) is 13.9. The van der Waals surface area contributed by atoms with Crippen LogP contribution in [0.4, 0.5) is 0 Å². The number of carbonyl (C=O) groups excluding carboxylic acids is 1. The third-order valence-corrected chi connectivity index (χ3v) is 4.01. The monoisotopic (exact) mass is 284 g/mol. The van der Waals surface area contributed by atoms with E-state index >= 15 is 0 Å². The van der Waals surface area contributed by atoms with Gasteiger partial charge in [0.1, 0.15) is 5.75 Å². The smallest absolute Gasteiger partial charge is 0.231 e. The van der Waals surface area contributed by atoms with Gasteiger partial charge in [-0.15, -0.1) is 0 Å². The fourth-order valence-electron chi connectivity index (χ4n) is 2.88. The quantitative estimate of drug-likeness (QED) is 0.937. The van der Waals surface area contributed by atoms with Gasteiger partial charge in [0.25, 0.3) is 0 Å². The highest BCUT2D eigenvalue weighted by Gasteiger charge is 2.17. The van der Waals surface area contributed by atoms with Crippen molar-refractivity contribution in [3.8, 4) is 5.75 Å². The molecule has 0 saturated carbocycles. The molecule has 0 fully saturated rings. The zero-order valence-electron chi connectivity index (χ0n) is 12.3. The molecule has 0 unspecified atom stereocenters. The van der Waals surface area contributed by atoms with Crippen molar-refractivity contribution in [1.82, 2.24) is 9.88 Å². The molecular weight excluding hydrogens is 264 g/mol. The number of aromatic nitrogens is 1. The van der Waals surface area contributed by atoms with Crippen LogP contribution in [0, 0.1) is 0 Å². The summed E-state index contributed by atoms with van der Waals surface area (Å²) in [6.45, 7) is 1.80. The molecule has 21 heavy (non-hydrogen) atoms. The number of rotatable bonds is 4. The van der Waals surface area contributed by atoms with Gasteiger partial charge in [-0.3, -0.25) is 9.36 Å². The van der Waals surface area contributed by atoms with Crippen LogP contribution in [0.25, 0.3) is 0 Å². The number of hydrogen-bond donors (Lipinski definition) is 1. The van der Waals surface area contributed by atoms with Crippen molar-refractivity contribution < 1.29 is 9.53 Å². The van der Waals surface area contributed by atoms with Crippen LogP contribution in [-0.4, -0.2) is 24.1 Å². The molecule has 4 nitrogen and oxygen atoms in total. The Bertz CT molecular complexity index is 646. The van der Waals surface area contributed by atoms with Crippen molar-refractivity contribution in [3.63, 3.8) is 0 Å². The molecule has 0 spiro atoms. The van der Waals surface area contributed by atoms with E-state index in [4.69, 9.17) is 4.74 Å². The van der Waals surface area contributed by atoms with Crippen LogP contribution in [0.2, 0.25) is 0 Å². The fraction of sp³-hybridized carbons (Fsp3) is 0.353. The molecule has 0 bridgehead atoms. The SMILES string of the molecule is COc1ccccc1CCC(=O)n1ccc2c1CCNC2. The summed E-state index contributed by atoms with van der Waals surface area (Å²) in [7, 11) is 1.66. The maximum absolute atomic E-state index is 12.5. The van der Waals surface area contributed by atoms with Crippen LogP contribution >= 0.6 is 0 Å². The number of hydrogen-bond acceptors (Lipinski definition) is 3. The van der Waals surface area contributed by atoms with Gasteiger partial charge in [0.05, 0.1) is 7.11 Å². The molecule has 110 valence electrons. The maximum atomic E-state index is 12.5. The predicted molar refractivity (Wildman–Crippen MR) is 81.8 cm³/mol. The Labute approximate surface area is 124 Å². The van der Waals surface area contributed by atoms with Crippen molar-refractivity contribution in [3.05, 3.63) is 53.3 Å². The van der Waals surface area contributed by atoms with Crippen molar-refractivity contribution >= 4 is 5.91 Å². The molecule has 1 aliphatic rings. The lowest BCUT2D eigenvalue weighted by atomic mass is 10.1. The Morgan fingerprint density at radius 2 is 2.19 bits per heavy atom. The largest absolute Gasteiger partial charge is 0.496 e. The highest BCUT2D eigenvalue weighted by Crippen LogP contribution is 2.20. The molecule has 1 aliphatic heterocycles. The zero-order valence-corrected chi connectivity index (χ0v) is 12.3. The first-order valence-electron chi connectivity index (χ1n) is 7.34. The second kappa shape index (κ2) is 6.14. The second-order valence-corrected chi connectivity index (χ2v) is 5.29. The number of para-hydroxylation sites is 1. The Morgan fingerprint density at radius 1 is 1.33 bits per heavy atom. The molecule has 1 aromatic heterocycles. The van der Waals surface area contributed by atoms with Crippen LogP contribution in [-0.2, 0) is 19.4 Å². The lowest BCUT2D eigenvalue weighted by Crippen LogP contribution is -2.26. The Kier molecular flexibility index (Phi) is 4.06. The van der Waals surface area contributed by atoms with Gasteiger partial charge < -0.3 is 10.1 Å². The van der Waals surface area contributed by atoms with E-state index in [9.17, 15) is 4.79 Å². The molecule has 4 heteroatoms. The molecular formula is C17H20N2O2. The molecule has 0 saturated heterocycles. The summed E-state index contributed by atoms with van der Waals surface area (Å²) < 4.78 is 7.16. The van der Waals surface area contributed by atoms with Gasteiger partial charge >= 0.3 is 0 Å². The fourth-order valence-corrected chi connectivity index (χ4v) is 2.88. The number of methoxy groups -OCH3 is 1. The van der Waals surface area contributed by atoms with Crippen molar-refractivity contribution in [2.24, 2.45) is 0 Å². The highest BCUT2D eigenvalue weighted by molar-refractivity contribution is 5.80. The molecule has 0 radical (unpaired) electrons. The number of aryl methyl sites for hydroxylation is 1. The zero-order chi connectivity index (χ0) is 14.7. The number of ether oxygens (including phenoxy) is 1. The number of benzene rings is 1. The molecule has 0 atom stereocenters. The van der Waals surface area contributed by atoms with Gasteiger partial charge in [-0.05, 0) is 29.7 Å². The third-order valence-electron chi connectivity index (χ3n) is 4.01. The van der Waals surface area contributed by atoms with Gasteiger partial charge in [-0.25, -0.2) is 0 Å². The van der Waals surface area contributed by atoms with E-state index in [2.05, 4.69) is 5.32 Å². The summed E-state index contributed by atoms with van der Waals surface area (Å²) in [5.41, 5.74) is 3.49. The van der Waals surface area contributed by atoms with Crippen LogP contribution < -0.4 is 10.1 Å². The third kappa shape index (κ3) is 2.85. The molecule has 2 heterocycles. The van der Waals surface area contributed by atoms with E-state index in [1.54, 1.807) is 7.11 Å². The Hall–Kier alpha value is -2.07. The van der Waals surface area contributed by atoms with E-state index in [1.807, 2.05) is 41.1 Å². The standard InChI is InChI=1S/C17H20N2O2/c1-21-16-5-3-2-4-13(16)6-7-17(20)19-11-9-14-12-18-10-8-15(14)19/h2-5,9,11,18H,6-8,10,12H2,1H3. The van der Waals surface area contributed by atoms with Crippen molar-refractivity contribution in [2.75, 3.05) is 13.7 Å². The molecule has 1 N–H and O–H groups in total. The van der Waals surface area contributed by atoms with Gasteiger partial charge in [-0.1, -0.05) is 18.2 Å². The highest BCUT2D eigenvalue weighted by atomic mass is 16.5. The summed E-state index contributed by atoms with van der Waals surface area (Å²) in [4.78, 5) is 12.5. The van der Waals surface area contributed by atoms with E-state index in [-0.39, 0.29) is 5.91 Å².